The van der Waals surface area contributed by atoms with Gasteiger partial charge in [-0.1, -0.05) is 61.5 Å². The molecule has 0 saturated carbocycles. The van der Waals surface area contributed by atoms with Crippen LogP contribution in [0.25, 0.3) is 0 Å². The molecule has 0 aliphatic rings. The Morgan fingerprint density at radius 3 is 2.50 bits per heavy atom. The number of amides is 1. The van der Waals surface area contributed by atoms with Crippen molar-refractivity contribution in [2.75, 3.05) is 5.32 Å². The van der Waals surface area contributed by atoms with Gasteiger partial charge in [-0.2, -0.15) is 0 Å². The summed E-state index contributed by atoms with van der Waals surface area (Å²) in [6.07, 6.45) is 4.68. The van der Waals surface area contributed by atoms with Gasteiger partial charge < -0.3 is 10.1 Å². The van der Waals surface area contributed by atoms with E-state index in [0.717, 1.165) is 5.56 Å². The molecule has 0 saturated heterocycles. The third kappa shape index (κ3) is 5.20. The lowest BCUT2D eigenvalue weighted by atomic mass is 9.88. The first-order valence-electron chi connectivity index (χ1n) is 9.73. The van der Waals surface area contributed by atoms with Gasteiger partial charge >= 0.3 is 0 Å². The smallest absolute Gasteiger partial charge is 0.239 e. The summed E-state index contributed by atoms with van der Waals surface area (Å²) >= 11 is 0. The number of pyridine rings is 1. The minimum atomic E-state index is -0.992. The molecule has 0 bridgehead atoms. The fourth-order valence-corrected chi connectivity index (χ4v) is 3.01. The van der Waals surface area contributed by atoms with Crippen molar-refractivity contribution in [2.45, 2.75) is 19.4 Å². The van der Waals surface area contributed by atoms with Crippen molar-refractivity contribution in [1.29, 1.82) is 0 Å². The van der Waals surface area contributed by atoms with E-state index in [1.807, 2.05) is 36.4 Å². The molecule has 0 spiro atoms. The SMILES string of the molecule is C=CC(C)C(=O)C(C(=O)Nc1ccccc1OCc1ccccc1)c1cccnc1. The number of carbonyl (C=O) groups excluding carboxylic acids is 2. The van der Waals surface area contributed by atoms with Gasteiger partial charge in [0.1, 0.15) is 18.3 Å². The summed E-state index contributed by atoms with van der Waals surface area (Å²) < 4.78 is 5.91. The molecule has 2 unspecified atom stereocenters. The van der Waals surface area contributed by atoms with Gasteiger partial charge in [0, 0.05) is 18.3 Å². The average molecular weight is 400 g/mol. The zero-order chi connectivity index (χ0) is 21.3. The number of benzene rings is 2. The second-order valence-corrected chi connectivity index (χ2v) is 6.91. The molecule has 0 aliphatic carbocycles. The Morgan fingerprint density at radius 2 is 1.80 bits per heavy atom. The molecule has 2 aromatic carbocycles. The van der Waals surface area contributed by atoms with Crippen LogP contribution >= 0.6 is 0 Å². The second-order valence-electron chi connectivity index (χ2n) is 6.91. The van der Waals surface area contributed by atoms with E-state index in [-0.39, 0.29) is 5.78 Å². The number of nitrogens with zero attached hydrogens (tertiary/aromatic N) is 1. The molecule has 5 heteroatoms. The van der Waals surface area contributed by atoms with Crippen LogP contribution in [0, 0.1) is 5.92 Å². The number of hydrogen-bond donors (Lipinski definition) is 1. The van der Waals surface area contributed by atoms with E-state index in [1.54, 1.807) is 43.5 Å². The normalized spacial score (nSPS) is 12.4. The summed E-state index contributed by atoms with van der Waals surface area (Å²) in [6, 6.07) is 20.4. The van der Waals surface area contributed by atoms with Crippen molar-refractivity contribution < 1.29 is 14.3 Å². The van der Waals surface area contributed by atoms with Gasteiger partial charge in [0.05, 0.1) is 5.69 Å². The molecule has 2 atom stereocenters. The number of aromatic nitrogens is 1. The van der Waals surface area contributed by atoms with Gasteiger partial charge in [0.15, 0.2) is 5.78 Å². The third-order valence-electron chi connectivity index (χ3n) is 4.75. The fourth-order valence-electron chi connectivity index (χ4n) is 3.01. The van der Waals surface area contributed by atoms with Crippen LogP contribution < -0.4 is 10.1 Å². The number of rotatable bonds is 9. The number of ketones is 1. The van der Waals surface area contributed by atoms with Gasteiger partial charge in [-0.15, -0.1) is 6.58 Å². The maximum Gasteiger partial charge on any atom is 0.239 e. The van der Waals surface area contributed by atoms with E-state index in [4.69, 9.17) is 4.74 Å². The molecule has 1 amide bonds. The number of hydrogen-bond acceptors (Lipinski definition) is 4. The molecule has 152 valence electrons. The highest BCUT2D eigenvalue weighted by Gasteiger charge is 2.31. The molecule has 1 heterocycles. The van der Waals surface area contributed by atoms with Crippen LogP contribution in [0.3, 0.4) is 0 Å². The summed E-state index contributed by atoms with van der Waals surface area (Å²) in [7, 11) is 0. The first-order chi connectivity index (χ1) is 14.6. The van der Waals surface area contributed by atoms with Crippen LogP contribution in [-0.4, -0.2) is 16.7 Å². The van der Waals surface area contributed by atoms with Crippen molar-refractivity contribution in [1.82, 2.24) is 4.98 Å². The molecule has 30 heavy (non-hydrogen) atoms. The van der Waals surface area contributed by atoms with E-state index in [0.29, 0.717) is 23.6 Å². The minimum Gasteiger partial charge on any atom is -0.487 e. The molecule has 3 rings (SSSR count). The largest absolute Gasteiger partial charge is 0.487 e. The van der Waals surface area contributed by atoms with E-state index >= 15 is 0 Å². The van der Waals surface area contributed by atoms with Crippen molar-refractivity contribution in [3.8, 4) is 5.75 Å². The van der Waals surface area contributed by atoms with E-state index in [1.165, 1.54) is 12.3 Å². The van der Waals surface area contributed by atoms with Crippen molar-refractivity contribution in [2.24, 2.45) is 5.92 Å². The van der Waals surface area contributed by atoms with Crippen molar-refractivity contribution in [3.63, 3.8) is 0 Å². The van der Waals surface area contributed by atoms with Crippen LogP contribution in [0.2, 0.25) is 0 Å². The number of anilines is 1. The Kier molecular flexibility index (Phi) is 7.11. The van der Waals surface area contributed by atoms with Crippen LogP contribution in [-0.2, 0) is 16.2 Å². The summed E-state index contributed by atoms with van der Waals surface area (Å²) in [4.78, 5) is 30.1. The topological polar surface area (TPSA) is 68.3 Å². The summed E-state index contributed by atoms with van der Waals surface area (Å²) in [5.41, 5.74) is 2.06. The van der Waals surface area contributed by atoms with Crippen molar-refractivity contribution in [3.05, 3.63) is 103 Å². The van der Waals surface area contributed by atoms with Gasteiger partial charge in [0.25, 0.3) is 0 Å². The monoisotopic (exact) mass is 400 g/mol. The molecule has 3 aromatic rings. The standard InChI is InChI=1S/C25H24N2O3/c1-3-18(2)24(28)23(20-12-9-15-26-16-20)25(29)27-21-13-7-8-14-22(21)30-17-19-10-5-4-6-11-19/h3-16,18,23H,1,17H2,2H3,(H,27,29). The Hall–Kier alpha value is -3.73. The fraction of sp³-hybridized carbons (Fsp3) is 0.160. The number of allylic oxidation sites excluding steroid dienone is 1. The Morgan fingerprint density at radius 1 is 1.07 bits per heavy atom. The highest BCUT2D eigenvalue weighted by molar-refractivity contribution is 6.13. The van der Waals surface area contributed by atoms with E-state index in [2.05, 4.69) is 16.9 Å². The number of ether oxygens (including phenoxy) is 1. The molecule has 5 nitrogen and oxygen atoms in total. The first-order valence-corrected chi connectivity index (χ1v) is 9.73. The Balaban J connectivity index is 1.82. The predicted octanol–water partition coefficient (Wildman–Crippen LogP) is 4.77. The van der Waals surface area contributed by atoms with Crippen LogP contribution in [0.15, 0.2) is 91.8 Å². The molecular weight excluding hydrogens is 376 g/mol. The summed E-state index contributed by atoms with van der Waals surface area (Å²) in [6.45, 7) is 5.77. The molecular formula is C25H24N2O3. The quantitative estimate of drug-likeness (QED) is 0.415. The van der Waals surface area contributed by atoms with Gasteiger partial charge in [-0.05, 0) is 29.3 Å². The van der Waals surface area contributed by atoms with Crippen LogP contribution in [0.5, 0.6) is 5.75 Å². The second kappa shape index (κ2) is 10.2. The molecule has 1 N–H and O–H groups in total. The number of para-hydroxylation sites is 2. The number of nitrogens with one attached hydrogen (secondary N) is 1. The molecule has 0 radical (unpaired) electrons. The predicted molar refractivity (Wildman–Crippen MR) is 117 cm³/mol. The summed E-state index contributed by atoms with van der Waals surface area (Å²) in [5, 5.41) is 2.86. The molecule has 1 aromatic heterocycles. The number of Topliss-reactive ketones (excluding diaryl/α,β-unsaturated/α-hetero) is 1. The molecule has 0 aliphatic heterocycles. The highest BCUT2D eigenvalue weighted by atomic mass is 16.5. The molecule has 0 fully saturated rings. The maximum absolute atomic E-state index is 13.2. The van der Waals surface area contributed by atoms with E-state index in [9.17, 15) is 9.59 Å². The first kappa shape index (κ1) is 21.0. The average Bonchev–Trinajstić information content (AvgIpc) is 2.79. The van der Waals surface area contributed by atoms with Gasteiger partial charge in [0.2, 0.25) is 5.91 Å². The Labute approximate surface area is 176 Å². The zero-order valence-corrected chi connectivity index (χ0v) is 16.8. The lowest BCUT2D eigenvalue weighted by molar-refractivity contribution is -0.129. The minimum absolute atomic E-state index is 0.238. The lowest BCUT2D eigenvalue weighted by Crippen LogP contribution is -2.31. The Bertz CT molecular complexity index is 1000. The summed E-state index contributed by atoms with van der Waals surface area (Å²) in [5.74, 6) is -1.60. The number of carbonyl (C=O) groups is 2. The third-order valence-corrected chi connectivity index (χ3v) is 4.75. The lowest BCUT2D eigenvalue weighted by Gasteiger charge is -2.19. The van der Waals surface area contributed by atoms with Crippen molar-refractivity contribution >= 4 is 17.4 Å². The van der Waals surface area contributed by atoms with E-state index < -0.39 is 17.7 Å². The zero-order valence-electron chi connectivity index (χ0n) is 16.8. The van der Waals surface area contributed by atoms with Crippen LogP contribution in [0.4, 0.5) is 5.69 Å². The van der Waals surface area contributed by atoms with Crippen LogP contribution in [0.1, 0.15) is 24.0 Å². The maximum atomic E-state index is 13.2. The highest BCUT2D eigenvalue weighted by Crippen LogP contribution is 2.28. The van der Waals surface area contributed by atoms with Gasteiger partial charge in [-0.3, -0.25) is 14.6 Å². The van der Waals surface area contributed by atoms with Gasteiger partial charge in [-0.25, -0.2) is 0 Å².